The van der Waals surface area contributed by atoms with Gasteiger partial charge in [-0.3, -0.25) is 0 Å². The standard InChI is InChI=1S/C10H9BrN2O/c1-6-9(13-10(11)12-6)7-4-2-3-5-8(7)14/h2-5,14H,1H3,(H,12,13). The van der Waals surface area contributed by atoms with Crippen molar-refractivity contribution in [2.45, 2.75) is 6.92 Å². The molecule has 72 valence electrons. The monoisotopic (exact) mass is 252 g/mol. The van der Waals surface area contributed by atoms with Crippen molar-refractivity contribution in [3.63, 3.8) is 0 Å². The van der Waals surface area contributed by atoms with Gasteiger partial charge in [-0.15, -0.1) is 0 Å². The molecule has 1 heterocycles. The number of phenolic OH excluding ortho intramolecular Hbond substituents is 1. The first-order valence-corrected chi connectivity index (χ1v) is 4.98. The summed E-state index contributed by atoms with van der Waals surface area (Å²) in [6.07, 6.45) is 0. The number of aromatic nitrogens is 2. The van der Waals surface area contributed by atoms with Crippen LogP contribution in [0.5, 0.6) is 5.75 Å². The number of benzene rings is 1. The van der Waals surface area contributed by atoms with Crippen LogP contribution in [0.1, 0.15) is 5.69 Å². The molecular weight excluding hydrogens is 244 g/mol. The Morgan fingerprint density at radius 2 is 2.07 bits per heavy atom. The second-order valence-corrected chi connectivity index (χ2v) is 3.77. The molecule has 0 aliphatic heterocycles. The lowest BCUT2D eigenvalue weighted by molar-refractivity contribution is 0.477. The molecule has 0 saturated heterocycles. The summed E-state index contributed by atoms with van der Waals surface area (Å²) < 4.78 is 0.674. The first-order chi connectivity index (χ1) is 6.68. The SMILES string of the molecule is Cc1[nH]c(Br)nc1-c1ccccc1O. The molecule has 1 aromatic heterocycles. The molecule has 3 nitrogen and oxygen atoms in total. The van der Waals surface area contributed by atoms with E-state index in [4.69, 9.17) is 0 Å². The largest absolute Gasteiger partial charge is 0.507 e. The van der Waals surface area contributed by atoms with Crippen LogP contribution in [0.2, 0.25) is 0 Å². The van der Waals surface area contributed by atoms with Gasteiger partial charge in [0.25, 0.3) is 0 Å². The zero-order valence-corrected chi connectivity index (χ0v) is 9.17. The lowest BCUT2D eigenvalue weighted by Crippen LogP contribution is -1.81. The highest BCUT2D eigenvalue weighted by Crippen LogP contribution is 2.30. The summed E-state index contributed by atoms with van der Waals surface area (Å²) in [7, 11) is 0. The fraction of sp³-hybridized carbons (Fsp3) is 0.100. The molecule has 2 rings (SSSR count). The molecule has 14 heavy (non-hydrogen) atoms. The van der Waals surface area contributed by atoms with E-state index < -0.39 is 0 Å². The summed E-state index contributed by atoms with van der Waals surface area (Å²) in [4.78, 5) is 7.27. The van der Waals surface area contributed by atoms with E-state index in [9.17, 15) is 5.11 Å². The van der Waals surface area contributed by atoms with E-state index in [2.05, 4.69) is 25.9 Å². The van der Waals surface area contributed by atoms with Gasteiger partial charge in [0.1, 0.15) is 5.75 Å². The molecule has 0 atom stereocenters. The maximum atomic E-state index is 9.63. The summed E-state index contributed by atoms with van der Waals surface area (Å²) in [5, 5.41) is 9.63. The van der Waals surface area contributed by atoms with Crippen molar-refractivity contribution in [2.24, 2.45) is 0 Å². The van der Waals surface area contributed by atoms with E-state index in [-0.39, 0.29) is 5.75 Å². The van der Waals surface area contributed by atoms with Gasteiger partial charge in [-0.05, 0) is 35.0 Å². The van der Waals surface area contributed by atoms with Crippen LogP contribution in [0.15, 0.2) is 29.0 Å². The number of nitrogens with zero attached hydrogens (tertiary/aromatic N) is 1. The number of imidazole rings is 1. The molecule has 2 N–H and O–H groups in total. The van der Waals surface area contributed by atoms with E-state index in [1.54, 1.807) is 12.1 Å². The summed E-state index contributed by atoms with van der Waals surface area (Å²) in [6, 6.07) is 7.15. The molecule has 0 saturated carbocycles. The first-order valence-electron chi connectivity index (χ1n) is 4.19. The number of aromatic hydroxyl groups is 1. The Morgan fingerprint density at radius 3 is 2.64 bits per heavy atom. The first kappa shape index (κ1) is 9.27. The molecule has 0 radical (unpaired) electrons. The van der Waals surface area contributed by atoms with Crippen molar-refractivity contribution in [1.29, 1.82) is 0 Å². The quantitative estimate of drug-likeness (QED) is 0.820. The zero-order chi connectivity index (χ0) is 10.1. The second-order valence-electron chi connectivity index (χ2n) is 3.02. The van der Waals surface area contributed by atoms with Crippen molar-refractivity contribution in [3.8, 4) is 17.0 Å². The van der Waals surface area contributed by atoms with Gasteiger partial charge in [-0.2, -0.15) is 0 Å². The van der Waals surface area contributed by atoms with Gasteiger partial charge in [0.05, 0.1) is 5.69 Å². The Balaban J connectivity index is 2.60. The summed E-state index contributed by atoms with van der Waals surface area (Å²) in [6.45, 7) is 1.92. The third-order valence-corrected chi connectivity index (χ3v) is 2.39. The van der Waals surface area contributed by atoms with E-state index in [0.29, 0.717) is 4.73 Å². The number of rotatable bonds is 1. The highest BCUT2D eigenvalue weighted by Gasteiger charge is 2.10. The molecule has 0 bridgehead atoms. The molecule has 0 unspecified atom stereocenters. The highest BCUT2D eigenvalue weighted by molar-refractivity contribution is 9.10. The fourth-order valence-corrected chi connectivity index (χ4v) is 1.83. The van der Waals surface area contributed by atoms with Gasteiger partial charge < -0.3 is 10.1 Å². The third kappa shape index (κ3) is 1.53. The highest BCUT2D eigenvalue weighted by atomic mass is 79.9. The molecule has 0 aliphatic rings. The van der Waals surface area contributed by atoms with E-state index in [0.717, 1.165) is 17.0 Å². The van der Waals surface area contributed by atoms with E-state index in [1.165, 1.54) is 0 Å². The Kier molecular flexibility index (Phi) is 2.29. The number of hydrogen-bond donors (Lipinski definition) is 2. The minimum Gasteiger partial charge on any atom is -0.507 e. The number of phenols is 1. The Labute approximate surface area is 89.9 Å². The number of nitrogens with one attached hydrogen (secondary N) is 1. The molecule has 0 spiro atoms. The minimum atomic E-state index is 0.245. The minimum absolute atomic E-state index is 0.245. The molecular formula is C10H9BrN2O. The van der Waals surface area contributed by atoms with Crippen molar-refractivity contribution in [1.82, 2.24) is 9.97 Å². The van der Waals surface area contributed by atoms with Crippen molar-refractivity contribution < 1.29 is 5.11 Å². The van der Waals surface area contributed by atoms with Crippen LogP contribution in [0.3, 0.4) is 0 Å². The van der Waals surface area contributed by atoms with Crippen LogP contribution in [0.4, 0.5) is 0 Å². The summed E-state index contributed by atoms with van der Waals surface area (Å²) in [5.74, 6) is 0.245. The molecule has 0 fully saturated rings. The molecule has 2 aromatic rings. The Morgan fingerprint density at radius 1 is 1.36 bits per heavy atom. The fourth-order valence-electron chi connectivity index (χ4n) is 1.36. The van der Waals surface area contributed by atoms with Crippen LogP contribution >= 0.6 is 15.9 Å². The average Bonchev–Trinajstić information content (AvgIpc) is 2.46. The van der Waals surface area contributed by atoms with Crippen molar-refractivity contribution >= 4 is 15.9 Å². The lowest BCUT2D eigenvalue weighted by Gasteiger charge is -2.00. The third-order valence-electron chi connectivity index (χ3n) is 2.01. The Hall–Kier alpha value is -1.29. The van der Waals surface area contributed by atoms with Crippen LogP contribution in [-0.2, 0) is 0 Å². The van der Waals surface area contributed by atoms with Gasteiger partial charge >= 0.3 is 0 Å². The van der Waals surface area contributed by atoms with Crippen LogP contribution in [-0.4, -0.2) is 15.1 Å². The predicted octanol–water partition coefficient (Wildman–Crippen LogP) is 2.85. The van der Waals surface area contributed by atoms with Gasteiger partial charge in [-0.25, -0.2) is 4.98 Å². The number of aromatic amines is 1. The van der Waals surface area contributed by atoms with Crippen LogP contribution in [0, 0.1) is 6.92 Å². The van der Waals surface area contributed by atoms with Gasteiger partial charge in [0.15, 0.2) is 4.73 Å². The zero-order valence-electron chi connectivity index (χ0n) is 7.58. The number of aryl methyl sites for hydroxylation is 1. The normalized spacial score (nSPS) is 10.4. The topological polar surface area (TPSA) is 48.9 Å². The molecule has 0 amide bonds. The number of hydrogen-bond acceptors (Lipinski definition) is 2. The number of H-pyrrole nitrogens is 1. The summed E-state index contributed by atoms with van der Waals surface area (Å²) in [5.41, 5.74) is 2.44. The number of halogens is 1. The second kappa shape index (κ2) is 3.46. The smallest absolute Gasteiger partial charge is 0.175 e. The van der Waals surface area contributed by atoms with E-state index >= 15 is 0 Å². The van der Waals surface area contributed by atoms with Crippen molar-refractivity contribution in [3.05, 3.63) is 34.7 Å². The van der Waals surface area contributed by atoms with Gasteiger partial charge in [0, 0.05) is 11.3 Å². The maximum Gasteiger partial charge on any atom is 0.175 e. The number of para-hydroxylation sites is 1. The van der Waals surface area contributed by atoms with Gasteiger partial charge in [-0.1, -0.05) is 12.1 Å². The van der Waals surface area contributed by atoms with Gasteiger partial charge in [0.2, 0.25) is 0 Å². The molecule has 4 heteroatoms. The van der Waals surface area contributed by atoms with Crippen LogP contribution in [0.25, 0.3) is 11.3 Å². The van der Waals surface area contributed by atoms with Crippen molar-refractivity contribution in [2.75, 3.05) is 0 Å². The lowest BCUT2D eigenvalue weighted by atomic mass is 10.1. The maximum absolute atomic E-state index is 9.63. The van der Waals surface area contributed by atoms with E-state index in [1.807, 2.05) is 19.1 Å². The molecule has 0 aliphatic carbocycles. The average molecular weight is 253 g/mol. The predicted molar refractivity (Wildman–Crippen MR) is 58.1 cm³/mol. The van der Waals surface area contributed by atoms with Crippen LogP contribution < -0.4 is 0 Å². The summed E-state index contributed by atoms with van der Waals surface area (Å²) >= 11 is 3.26. The Bertz CT molecular complexity index is 465. The molecule has 1 aromatic carbocycles.